The van der Waals surface area contributed by atoms with E-state index in [1.165, 1.54) is 42.9 Å². The van der Waals surface area contributed by atoms with Gasteiger partial charge in [-0.3, -0.25) is 15.1 Å². The number of nitrogens with zero attached hydrogens (tertiary/aromatic N) is 2. The Hall–Kier alpha value is -3.22. The first kappa shape index (κ1) is 12.8. The minimum Gasteiger partial charge on any atom is -0.463 e. The molecule has 0 amide bonds. The first-order chi connectivity index (χ1) is 10.1. The molecule has 0 unspecified atom stereocenters. The molecule has 0 N–H and O–H groups in total. The summed E-state index contributed by atoms with van der Waals surface area (Å²) < 4.78 is 10.3. The first-order valence-electron chi connectivity index (χ1n) is 5.93. The molecule has 7 heteroatoms. The Morgan fingerprint density at radius 2 is 1.95 bits per heavy atom. The van der Waals surface area contributed by atoms with Gasteiger partial charge in [-0.25, -0.2) is 4.79 Å². The summed E-state index contributed by atoms with van der Waals surface area (Å²) in [4.78, 5) is 26.0. The van der Waals surface area contributed by atoms with E-state index in [1.54, 1.807) is 6.07 Å². The zero-order valence-corrected chi connectivity index (χ0v) is 10.6. The van der Waals surface area contributed by atoms with Gasteiger partial charge >= 0.3 is 5.97 Å². The number of carbonyl (C=O) groups excluding carboxylic acids is 1. The van der Waals surface area contributed by atoms with Gasteiger partial charge in [0.1, 0.15) is 5.75 Å². The van der Waals surface area contributed by atoms with E-state index in [0.29, 0.717) is 11.0 Å². The Kier molecular flexibility index (Phi) is 3.07. The van der Waals surface area contributed by atoms with Crippen LogP contribution >= 0.6 is 0 Å². The molecule has 0 spiro atoms. The van der Waals surface area contributed by atoms with Crippen molar-refractivity contribution in [3.05, 3.63) is 64.7 Å². The number of carbonyl (C=O) groups is 1. The molecule has 0 atom stereocenters. The summed E-state index contributed by atoms with van der Waals surface area (Å²) in [6.45, 7) is 0. The molecule has 0 bridgehead atoms. The van der Waals surface area contributed by atoms with Crippen molar-refractivity contribution in [1.82, 2.24) is 4.98 Å². The molecule has 7 nitrogen and oxygen atoms in total. The summed E-state index contributed by atoms with van der Waals surface area (Å²) in [6, 6.07) is 6.89. The number of nitro benzene ring substituents is 1. The minimum absolute atomic E-state index is 0.0756. The topological polar surface area (TPSA) is 95.5 Å². The van der Waals surface area contributed by atoms with Gasteiger partial charge in [0.15, 0.2) is 5.58 Å². The second-order valence-corrected chi connectivity index (χ2v) is 4.16. The molecule has 0 aliphatic rings. The fraction of sp³-hybridized carbons (Fsp3) is 0. The molecule has 0 saturated carbocycles. The number of pyridine rings is 1. The van der Waals surface area contributed by atoms with E-state index in [-0.39, 0.29) is 17.0 Å². The van der Waals surface area contributed by atoms with Crippen LogP contribution < -0.4 is 4.74 Å². The molecule has 0 saturated heterocycles. The fourth-order valence-electron chi connectivity index (χ4n) is 1.85. The number of non-ortho nitro benzene ring substituents is 1. The van der Waals surface area contributed by atoms with Crippen molar-refractivity contribution in [3.63, 3.8) is 0 Å². The third kappa shape index (κ3) is 2.44. The molecular formula is C14H8N2O5. The molecule has 2 aromatic heterocycles. The lowest BCUT2D eigenvalue weighted by molar-refractivity contribution is -0.384. The van der Waals surface area contributed by atoms with Gasteiger partial charge in [-0.2, -0.15) is 0 Å². The van der Waals surface area contributed by atoms with Crippen LogP contribution in [0, 0.1) is 10.1 Å². The summed E-state index contributed by atoms with van der Waals surface area (Å²) in [5.41, 5.74) is 0.668. The summed E-state index contributed by atoms with van der Waals surface area (Å²) in [6.07, 6.45) is 4.33. The molecule has 0 aliphatic carbocycles. The van der Waals surface area contributed by atoms with Gasteiger partial charge in [0.2, 0.25) is 0 Å². The Balaban J connectivity index is 1.86. The summed E-state index contributed by atoms with van der Waals surface area (Å²) in [5, 5.41) is 11.1. The van der Waals surface area contributed by atoms with Gasteiger partial charge in [-0.15, -0.1) is 0 Å². The van der Waals surface area contributed by atoms with Crippen LogP contribution in [0.25, 0.3) is 11.0 Å². The van der Waals surface area contributed by atoms with E-state index in [1.807, 2.05) is 0 Å². The number of furan rings is 1. The van der Waals surface area contributed by atoms with Crippen molar-refractivity contribution in [2.24, 2.45) is 0 Å². The maximum Gasteiger partial charge on any atom is 0.345 e. The number of nitro groups is 1. The van der Waals surface area contributed by atoms with Crippen molar-refractivity contribution in [1.29, 1.82) is 0 Å². The lowest BCUT2D eigenvalue weighted by Gasteiger charge is -2.04. The van der Waals surface area contributed by atoms with E-state index in [4.69, 9.17) is 9.15 Å². The number of rotatable bonds is 3. The molecule has 0 fully saturated rings. The zero-order valence-electron chi connectivity index (χ0n) is 10.6. The number of hydrogen-bond donors (Lipinski definition) is 0. The molecule has 0 aliphatic heterocycles. The van der Waals surface area contributed by atoms with Gasteiger partial charge in [-0.1, -0.05) is 0 Å². The van der Waals surface area contributed by atoms with Crippen LogP contribution in [0.4, 0.5) is 5.69 Å². The molecule has 3 rings (SSSR count). The van der Waals surface area contributed by atoms with Gasteiger partial charge in [0.05, 0.1) is 22.9 Å². The predicted octanol–water partition coefficient (Wildman–Crippen LogP) is 2.96. The SMILES string of the molecule is O=C(Oc1ccc([N+](=O)[O-])cc1)c1cncc2occc12. The van der Waals surface area contributed by atoms with Crippen LogP contribution in [0.2, 0.25) is 0 Å². The number of fused-ring (bicyclic) bond motifs is 1. The normalized spacial score (nSPS) is 10.5. The summed E-state index contributed by atoms with van der Waals surface area (Å²) >= 11 is 0. The smallest absolute Gasteiger partial charge is 0.345 e. The highest BCUT2D eigenvalue weighted by Crippen LogP contribution is 2.22. The van der Waals surface area contributed by atoms with E-state index in [2.05, 4.69) is 4.98 Å². The first-order valence-corrected chi connectivity index (χ1v) is 5.93. The molecular weight excluding hydrogens is 276 g/mol. The predicted molar refractivity (Wildman–Crippen MR) is 72.1 cm³/mol. The van der Waals surface area contributed by atoms with E-state index in [9.17, 15) is 14.9 Å². The van der Waals surface area contributed by atoms with Crippen LogP contribution in [-0.4, -0.2) is 15.9 Å². The largest absolute Gasteiger partial charge is 0.463 e. The van der Waals surface area contributed by atoms with Gasteiger partial charge < -0.3 is 9.15 Å². The second kappa shape index (κ2) is 5.04. The van der Waals surface area contributed by atoms with Crippen LogP contribution in [0.5, 0.6) is 5.75 Å². The molecule has 2 heterocycles. The molecule has 104 valence electrons. The monoisotopic (exact) mass is 284 g/mol. The lowest BCUT2D eigenvalue weighted by Crippen LogP contribution is -2.09. The second-order valence-electron chi connectivity index (χ2n) is 4.16. The highest BCUT2D eigenvalue weighted by molar-refractivity contribution is 6.03. The summed E-state index contributed by atoms with van der Waals surface area (Å²) in [5.74, 6) is -0.394. The number of hydrogen-bond acceptors (Lipinski definition) is 6. The van der Waals surface area contributed by atoms with Gasteiger partial charge in [0, 0.05) is 23.7 Å². The lowest BCUT2D eigenvalue weighted by atomic mass is 10.2. The van der Waals surface area contributed by atoms with Gasteiger partial charge in [0.25, 0.3) is 5.69 Å². The van der Waals surface area contributed by atoms with Crippen LogP contribution in [0.1, 0.15) is 10.4 Å². The summed E-state index contributed by atoms with van der Waals surface area (Å²) in [7, 11) is 0. The zero-order chi connectivity index (χ0) is 14.8. The average molecular weight is 284 g/mol. The highest BCUT2D eigenvalue weighted by Gasteiger charge is 2.15. The van der Waals surface area contributed by atoms with Crippen LogP contribution in [-0.2, 0) is 0 Å². The Morgan fingerprint density at radius 3 is 2.67 bits per heavy atom. The van der Waals surface area contributed by atoms with Crippen LogP contribution in [0.3, 0.4) is 0 Å². The third-order valence-electron chi connectivity index (χ3n) is 2.86. The Bertz CT molecular complexity index is 823. The number of ether oxygens (including phenoxy) is 1. The van der Waals surface area contributed by atoms with E-state index in [0.717, 1.165) is 0 Å². The van der Waals surface area contributed by atoms with E-state index >= 15 is 0 Å². The van der Waals surface area contributed by atoms with E-state index < -0.39 is 10.9 Å². The maximum absolute atomic E-state index is 12.1. The average Bonchev–Trinajstić information content (AvgIpc) is 2.96. The molecule has 0 radical (unpaired) electrons. The van der Waals surface area contributed by atoms with Crippen molar-refractivity contribution in [3.8, 4) is 5.75 Å². The Labute approximate surface area is 117 Å². The number of esters is 1. The van der Waals surface area contributed by atoms with Crippen LogP contribution in [0.15, 0.2) is 53.4 Å². The van der Waals surface area contributed by atoms with Gasteiger partial charge in [-0.05, 0) is 18.2 Å². The fourth-order valence-corrected chi connectivity index (χ4v) is 1.85. The molecule has 3 aromatic rings. The minimum atomic E-state index is -0.608. The number of aromatic nitrogens is 1. The van der Waals surface area contributed by atoms with Crippen molar-refractivity contribution < 1.29 is 18.9 Å². The molecule has 1 aromatic carbocycles. The standard InChI is InChI=1S/C14H8N2O5/c17-14(12-7-15-8-13-11(12)5-6-20-13)21-10-3-1-9(2-4-10)16(18)19/h1-8H. The maximum atomic E-state index is 12.1. The van der Waals surface area contributed by atoms with Crippen molar-refractivity contribution in [2.45, 2.75) is 0 Å². The highest BCUT2D eigenvalue weighted by atomic mass is 16.6. The number of benzene rings is 1. The Morgan fingerprint density at radius 1 is 1.19 bits per heavy atom. The van der Waals surface area contributed by atoms with Crippen molar-refractivity contribution >= 4 is 22.6 Å². The third-order valence-corrected chi connectivity index (χ3v) is 2.86. The molecule has 21 heavy (non-hydrogen) atoms. The quantitative estimate of drug-likeness (QED) is 0.317. The van der Waals surface area contributed by atoms with Crippen molar-refractivity contribution in [2.75, 3.05) is 0 Å².